The highest BCUT2D eigenvalue weighted by Crippen LogP contribution is 2.18. The number of anilines is 1. The third kappa shape index (κ3) is 3.61. The van der Waals surface area contributed by atoms with Gasteiger partial charge >= 0.3 is 0 Å². The van der Waals surface area contributed by atoms with Crippen molar-refractivity contribution in [1.82, 2.24) is 0 Å². The minimum absolute atomic E-state index is 0.0766. The van der Waals surface area contributed by atoms with Crippen molar-refractivity contribution in [3.05, 3.63) is 29.3 Å². The molecule has 1 aliphatic heterocycles. The van der Waals surface area contributed by atoms with Gasteiger partial charge in [0.2, 0.25) is 15.7 Å². The van der Waals surface area contributed by atoms with Gasteiger partial charge in [-0.2, -0.15) is 0 Å². The molecule has 108 valence electrons. The highest BCUT2D eigenvalue weighted by Gasteiger charge is 2.26. The molecule has 1 aliphatic rings. The molecule has 7 heteroatoms. The average molecular weight is 312 g/mol. The number of carbonyl (C=O) groups excluding carboxylic acids is 1. The van der Waals surface area contributed by atoms with E-state index in [0.717, 1.165) is 11.1 Å². The monoisotopic (exact) mass is 312 g/mol. The molecule has 0 bridgehead atoms. The van der Waals surface area contributed by atoms with Crippen LogP contribution in [-0.2, 0) is 14.6 Å². The smallest absolute Gasteiger partial charge is 0.240 e. The molecular weight excluding hydrogens is 296 g/mol. The van der Waals surface area contributed by atoms with Crippen LogP contribution >= 0.6 is 11.8 Å². The predicted molar refractivity (Wildman–Crippen MR) is 83.1 cm³/mol. The molecule has 0 spiro atoms. The first-order valence-electron chi connectivity index (χ1n) is 6.15. The predicted octanol–water partition coefficient (Wildman–Crippen LogP) is 1.76. The van der Waals surface area contributed by atoms with Gasteiger partial charge < -0.3 is 5.32 Å². The Bertz CT molecular complexity index is 666. The number of aliphatic imine (C=N–C) groups is 1. The number of thioether (sulfide) groups is 1. The molecule has 20 heavy (non-hydrogen) atoms. The van der Waals surface area contributed by atoms with Gasteiger partial charge in [0.05, 0.1) is 6.54 Å². The summed E-state index contributed by atoms with van der Waals surface area (Å²) in [4.78, 5) is 15.7. The van der Waals surface area contributed by atoms with E-state index in [1.807, 2.05) is 26.0 Å². The largest absolute Gasteiger partial charge is 0.325 e. The van der Waals surface area contributed by atoms with Crippen LogP contribution in [0.4, 0.5) is 5.69 Å². The molecule has 1 heterocycles. The molecule has 1 amide bonds. The Hall–Kier alpha value is -1.34. The number of rotatable bonds is 3. The summed E-state index contributed by atoms with van der Waals surface area (Å²) in [5, 5.41) is 2.61. The second kappa shape index (κ2) is 5.97. The highest BCUT2D eigenvalue weighted by molar-refractivity contribution is 8.35. The average Bonchev–Trinajstić information content (AvgIpc) is 2.87. The van der Waals surface area contributed by atoms with Crippen LogP contribution in [-0.4, -0.2) is 36.8 Å². The summed E-state index contributed by atoms with van der Waals surface area (Å²) in [7, 11) is -3.60. The van der Waals surface area contributed by atoms with Gasteiger partial charge in [-0.05, 0) is 37.1 Å². The Morgan fingerprint density at radius 1 is 1.35 bits per heavy atom. The van der Waals surface area contributed by atoms with E-state index in [-0.39, 0.29) is 4.38 Å². The third-order valence-electron chi connectivity index (χ3n) is 2.94. The summed E-state index contributed by atoms with van der Waals surface area (Å²) in [5.74, 6) is -0.442. The van der Waals surface area contributed by atoms with E-state index >= 15 is 0 Å². The number of nitrogens with one attached hydrogen (secondary N) is 1. The maximum atomic E-state index is 11.9. The maximum Gasteiger partial charge on any atom is 0.240 e. The van der Waals surface area contributed by atoms with Gasteiger partial charge in [-0.1, -0.05) is 17.8 Å². The summed E-state index contributed by atoms with van der Waals surface area (Å²) < 4.78 is 24.0. The molecule has 0 fully saturated rings. The zero-order valence-corrected chi connectivity index (χ0v) is 13.0. The van der Waals surface area contributed by atoms with Crippen molar-refractivity contribution < 1.29 is 13.2 Å². The van der Waals surface area contributed by atoms with E-state index in [0.29, 0.717) is 18.0 Å². The van der Waals surface area contributed by atoms with E-state index < -0.39 is 21.5 Å². The van der Waals surface area contributed by atoms with Crippen LogP contribution in [0.2, 0.25) is 0 Å². The van der Waals surface area contributed by atoms with Gasteiger partial charge in [-0.15, -0.1) is 0 Å². The first-order chi connectivity index (χ1) is 9.38. The fraction of sp³-hybridized carbons (Fsp3) is 0.385. The highest BCUT2D eigenvalue weighted by atomic mass is 32.3. The molecule has 1 aromatic carbocycles. The van der Waals surface area contributed by atoms with E-state index in [1.165, 1.54) is 11.8 Å². The third-order valence-corrected chi connectivity index (χ3v) is 6.12. The molecule has 5 nitrogen and oxygen atoms in total. The number of benzene rings is 1. The molecule has 0 radical (unpaired) electrons. The van der Waals surface area contributed by atoms with Gasteiger partial charge in [-0.25, -0.2) is 8.42 Å². The van der Waals surface area contributed by atoms with Gasteiger partial charge in [0.25, 0.3) is 0 Å². The standard InChI is InChI=1S/C13H16N2O3S2/c1-9-3-4-11(7-10(9)2)15-12(16)8-20(17,18)13-14-5-6-19-13/h3-4,7H,5-6,8H2,1-2H3,(H,15,16). The molecule has 0 unspecified atom stereocenters. The van der Waals surface area contributed by atoms with Gasteiger partial charge in [0.15, 0.2) is 4.38 Å². The van der Waals surface area contributed by atoms with Gasteiger partial charge in [0, 0.05) is 11.4 Å². The van der Waals surface area contributed by atoms with Gasteiger partial charge in [-0.3, -0.25) is 9.79 Å². The topological polar surface area (TPSA) is 75.6 Å². The molecule has 0 atom stereocenters. The molecule has 2 rings (SSSR count). The normalized spacial score (nSPS) is 15.0. The van der Waals surface area contributed by atoms with E-state index in [9.17, 15) is 13.2 Å². The summed E-state index contributed by atoms with van der Waals surface area (Å²) in [6, 6.07) is 5.47. The van der Waals surface area contributed by atoms with E-state index in [2.05, 4.69) is 10.3 Å². The van der Waals surface area contributed by atoms with E-state index in [1.54, 1.807) is 6.07 Å². The molecule has 1 N–H and O–H groups in total. The summed E-state index contributed by atoms with van der Waals surface area (Å²) in [6.45, 7) is 4.41. The van der Waals surface area contributed by atoms with Crippen LogP contribution in [0.25, 0.3) is 0 Å². The lowest BCUT2D eigenvalue weighted by molar-refractivity contribution is -0.113. The van der Waals surface area contributed by atoms with Crippen molar-refractivity contribution in [2.45, 2.75) is 13.8 Å². The lowest BCUT2D eigenvalue weighted by Gasteiger charge is -2.08. The molecule has 1 aromatic rings. The summed E-state index contributed by atoms with van der Waals surface area (Å²) in [6.07, 6.45) is 0. The maximum absolute atomic E-state index is 11.9. The Kier molecular flexibility index (Phi) is 4.49. The van der Waals surface area contributed by atoms with Crippen molar-refractivity contribution in [2.24, 2.45) is 4.99 Å². The van der Waals surface area contributed by atoms with Crippen molar-refractivity contribution in [1.29, 1.82) is 0 Å². The fourth-order valence-corrected chi connectivity index (χ4v) is 4.27. The van der Waals surface area contributed by atoms with Crippen molar-refractivity contribution in [2.75, 3.05) is 23.4 Å². The molecule has 0 aromatic heterocycles. The lowest BCUT2D eigenvalue weighted by atomic mass is 10.1. The number of aryl methyl sites for hydroxylation is 2. The zero-order chi connectivity index (χ0) is 14.8. The molecule has 0 saturated heterocycles. The van der Waals surface area contributed by atoms with Crippen molar-refractivity contribution in [3.63, 3.8) is 0 Å². The SMILES string of the molecule is Cc1ccc(NC(=O)CS(=O)(=O)C2=NCCS2)cc1C. The minimum Gasteiger partial charge on any atom is -0.325 e. The first kappa shape index (κ1) is 15.1. The summed E-state index contributed by atoms with van der Waals surface area (Å²) >= 11 is 1.18. The van der Waals surface area contributed by atoms with Crippen LogP contribution in [0.15, 0.2) is 23.2 Å². The lowest BCUT2D eigenvalue weighted by Crippen LogP contribution is -2.26. The number of hydrogen-bond acceptors (Lipinski definition) is 5. The number of carbonyl (C=O) groups is 1. The quantitative estimate of drug-likeness (QED) is 0.923. The number of hydrogen-bond donors (Lipinski definition) is 1. The van der Waals surface area contributed by atoms with Crippen LogP contribution in [0.1, 0.15) is 11.1 Å². The van der Waals surface area contributed by atoms with Crippen LogP contribution in [0.5, 0.6) is 0 Å². The van der Waals surface area contributed by atoms with Gasteiger partial charge in [0.1, 0.15) is 5.75 Å². The molecule has 0 saturated carbocycles. The van der Waals surface area contributed by atoms with Crippen molar-refractivity contribution in [3.8, 4) is 0 Å². The fourth-order valence-electron chi connectivity index (χ4n) is 1.75. The van der Waals surface area contributed by atoms with Crippen LogP contribution in [0.3, 0.4) is 0 Å². The first-order valence-corrected chi connectivity index (χ1v) is 8.79. The van der Waals surface area contributed by atoms with Crippen molar-refractivity contribution >= 4 is 37.6 Å². The Morgan fingerprint density at radius 2 is 2.10 bits per heavy atom. The second-order valence-corrected chi connectivity index (χ2v) is 7.85. The minimum atomic E-state index is -3.60. The Balaban J connectivity index is 2.03. The zero-order valence-electron chi connectivity index (χ0n) is 11.3. The van der Waals surface area contributed by atoms with Crippen LogP contribution in [0, 0.1) is 13.8 Å². The number of amides is 1. The number of sulfone groups is 1. The summed E-state index contributed by atoms with van der Waals surface area (Å²) in [5.41, 5.74) is 2.77. The Labute approximate surface area is 122 Å². The number of nitrogens with zero attached hydrogens (tertiary/aromatic N) is 1. The van der Waals surface area contributed by atoms with E-state index in [4.69, 9.17) is 0 Å². The molecule has 0 aliphatic carbocycles. The second-order valence-electron chi connectivity index (χ2n) is 4.60. The Morgan fingerprint density at radius 3 is 2.70 bits per heavy atom. The molecular formula is C13H16N2O3S2. The van der Waals surface area contributed by atoms with Crippen LogP contribution < -0.4 is 5.32 Å².